The zero-order valence-corrected chi connectivity index (χ0v) is 16.1. The van der Waals surface area contributed by atoms with Crippen molar-refractivity contribution in [1.82, 2.24) is 9.97 Å². The third-order valence-electron chi connectivity index (χ3n) is 3.86. The summed E-state index contributed by atoms with van der Waals surface area (Å²) in [6, 6.07) is 13.1. The van der Waals surface area contributed by atoms with Crippen LogP contribution in [0.1, 0.15) is 23.7 Å². The molecule has 2 N–H and O–H groups in total. The molecule has 0 aliphatic carbocycles. The molecule has 0 unspecified atom stereocenters. The molecule has 0 atom stereocenters. The van der Waals surface area contributed by atoms with Gasteiger partial charge in [-0.15, -0.1) is 0 Å². The number of nitrogens with one attached hydrogen (secondary N) is 2. The van der Waals surface area contributed by atoms with E-state index in [-0.39, 0.29) is 23.9 Å². The number of hydrogen-bond donors (Lipinski definition) is 2. The lowest BCUT2D eigenvalue weighted by atomic mass is 10.2. The molecule has 0 saturated heterocycles. The van der Waals surface area contributed by atoms with Crippen LogP contribution in [0.2, 0.25) is 0 Å². The van der Waals surface area contributed by atoms with E-state index in [2.05, 4.69) is 20.5 Å². The molecule has 0 aliphatic heterocycles. The molecule has 0 saturated carbocycles. The second kappa shape index (κ2) is 9.50. The Hall–Kier alpha value is -3.68. The minimum atomic E-state index is -0.317. The van der Waals surface area contributed by atoms with E-state index in [1.54, 1.807) is 49.5 Å². The van der Waals surface area contributed by atoms with E-state index in [9.17, 15) is 9.18 Å². The Morgan fingerprint density at radius 3 is 2.76 bits per heavy atom. The van der Waals surface area contributed by atoms with Gasteiger partial charge in [-0.2, -0.15) is 5.10 Å². The Morgan fingerprint density at radius 1 is 1.17 bits per heavy atom. The molecule has 150 valence electrons. The first-order valence-corrected chi connectivity index (χ1v) is 9.05. The third kappa shape index (κ3) is 5.65. The quantitative estimate of drug-likeness (QED) is 0.448. The molecule has 0 radical (unpaired) electrons. The van der Waals surface area contributed by atoms with Crippen molar-refractivity contribution in [1.29, 1.82) is 0 Å². The Bertz CT molecular complexity index is 1070. The molecule has 1 aromatic heterocycles. The average Bonchev–Trinajstić information content (AvgIpc) is 2.68. The maximum atomic E-state index is 13.8. The number of aryl methyl sites for hydroxylation is 1. The summed E-state index contributed by atoms with van der Waals surface area (Å²) in [5, 5.41) is 4.08. The topological polar surface area (TPSA) is 88.6 Å². The van der Waals surface area contributed by atoms with E-state index >= 15 is 0 Å². The lowest BCUT2D eigenvalue weighted by Gasteiger charge is -2.13. The van der Waals surface area contributed by atoms with Gasteiger partial charge in [-0.3, -0.25) is 9.78 Å². The van der Waals surface area contributed by atoms with Gasteiger partial charge in [-0.25, -0.2) is 14.8 Å². The first kappa shape index (κ1) is 20.1. The Balaban J connectivity index is 1.71. The van der Waals surface area contributed by atoms with Crippen LogP contribution in [0.15, 0.2) is 58.4 Å². The summed E-state index contributed by atoms with van der Waals surface area (Å²) < 4.78 is 25.1. The molecular formula is C21H21FN4O3. The van der Waals surface area contributed by atoms with Crippen molar-refractivity contribution in [2.24, 2.45) is 5.10 Å². The van der Waals surface area contributed by atoms with Crippen LogP contribution in [0.5, 0.6) is 11.5 Å². The van der Waals surface area contributed by atoms with Crippen molar-refractivity contribution in [2.45, 2.75) is 20.5 Å². The first-order chi connectivity index (χ1) is 14.0. The highest BCUT2D eigenvalue weighted by molar-refractivity contribution is 5.81. The summed E-state index contributed by atoms with van der Waals surface area (Å²) in [5.74, 6) is 0.962. The fraction of sp³-hybridized carbons (Fsp3) is 0.190. The van der Waals surface area contributed by atoms with Gasteiger partial charge in [-0.1, -0.05) is 18.2 Å². The number of anilines is 1. The number of hydrogen-bond acceptors (Lipinski definition) is 6. The van der Waals surface area contributed by atoms with Crippen molar-refractivity contribution in [3.05, 3.63) is 81.5 Å². The second-order valence-corrected chi connectivity index (χ2v) is 6.12. The van der Waals surface area contributed by atoms with Crippen LogP contribution in [-0.4, -0.2) is 22.8 Å². The normalized spacial score (nSPS) is 10.9. The molecule has 2 aromatic carbocycles. The number of benzene rings is 2. The van der Waals surface area contributed by atoms with Crippen molar-refractivity contribution in [3.8, 4) is 11.5 Å². The number of rotatable bonds is 8. The molecule has 0 fully saturated rings. The summed E-state index contributed by atoms with van der Waals surface area (Å²) in [7, 11) is 0. The number of hydrazone groups is 1. The molecule has 29 heavy (non-hydrogen) atoms. The van der Waals surface area contributed by atoms with Crippen LogP contribution in [-0.2, 0) is 6.61 Å². The molecule has 0 amide bonds. The Kier molecular flexibility index (Phi) is 6.57. The molecule has 0 spiro atoms. The van der Waals surface area contributed by atoms with E-state index < -0.39 is 0 Å². The van der Waals surface area contributed by atoms with Crippen LogP contribution >= 0.6 is 0 Å². The highest BCUT2D eigenvalue weighted by atomic mass is 19.1. The van der Waals surface area contributed by atoms with Crippen molar-refractivity contribution in [3.63, 3.8) is 0 Å². The molecular weight excluding hydrogens is 375 g/mol. The number of halogens is 1. The Labute approximate surface area is 167 Å². The maximum Gasteiger partial charge on any atom is 0.252 e. The average molecular weight is 396 g/mol. The fourth-order valence-corrected chi connectivity index (χ4v) is 2.56. The van der Waals surface area contributed by atoms with Crippen molar-refractivity contribution < 1.29 is 13.9 Å². The predicted octanol–water partition coefficient (Wildman–Crippen LogP) is 3.64. The van der Waals surface area contributed by atoms with Crippen LogP contribution in [0.4, 0.5) is 10.3 Å². The lowest BCUT2D eigenvalue weighted by Crippen LogP contribution is -2.10. The van der Waals surface area contributed by atoms with E-state index in [0.29, 0.717) is 29.4 Å². The van der Waals surface area contributed by atoms with Crippen LogP contribution in [0.3, 0.4) is 0 Å². The van der Waals surface area contributed by atoms with Gasteiger partial charge in [-0.05, 0) is 43.7 Å². The second-order valence-electron chi connectivity index (χ2n) is 6.12. The monoisotopic (exact) mass is 396 g/mol. The molecule has 1 heterocycles. The molecule has 3 aromatic rings. The number of aromatic nitrogens is 2. The molecule has 0 bridgehead atoms. The summed E-state index contributed by atoms with van der Waals surface area (Å²) in [4.78, 5) is 18.1. The van der Waals surface area contributed by atoms with E-state index in [4.69, 9.17) is 9.47 Å². The van der Waals surface area contributed by atoms with Gasteiger partial charge in [0.25, 0.3) is 5.56 Å². The zero-order valence-electron chi connectivity index (χ0n) is 16.1. The minimum absolute atomic E-state index is 0.0914. The molecule has 3 rings (SSSR count). The van der Waals surface area contributed by atoms with E-state index in [1.807, 2.05) is 6.92 Å². The van der Waals surface area contributed by atoms with Gasteiger partial charge in [0, 0.05) is 17.3 Å². The van der Waals surface area contributed by atoms with E-state index in [1.165, 1.54) is 12.1 Å². The summed E-state index contributed by atoms with van der Waals surface area (Å²) in [5.41, 5.74) is 4.22. The van der Waals surface area contributed by atoms with E-state index in [0.717, 1.165) is 5.56 Å². The van der Waals surface area contributed by atoms with Gasteiger partial charge >= 0.3 is 0 Å². The predicted molar refractivity (Wildman–Crippen MR) is 109 cm³/mol. The summed E-state index contributed by atoms with van der Waals surface area (Å²) in [6.45, 7) is 4.12. The highest BCUT2D eigenvalue weighted by Gasteiger charge is 2.08. The van der Waals surface area contributed by atoms with Gasteiger partial charge in [0.2, 0.25) is 5.95 Å². The maximum absolute atomic E-state index is 13.8. The van der Waals surface area contributed by atoms with Gasteiger partial charge in [0.05, 0.1) is 12.8 Å². The zero-order chi connectivity index (χ0) is 20.6. The first-order valence-electron chi connectivity index (χ1n) is 9.05. The van der Waals surface area contributed by atoms with Crippen LogP contribution in [0.25, 0.3) is 0 Å². The van der Waals surface area contributed by atoms with Crippen LogP contribution in [0, 0.1) is 12.7 Å². The minimum Gasteiger partial charge on any atom is -0.490 e. The van der Waals surface area contributed by atoms with Gasteiger partial charge < -0.3 is 9.47 Å². The molecule has 0 aliphatic rings. The number of aromatic amines is 1. The van der Waals surface area contributed by atoms with Gasteiger partial charge in [0.1, 0.15) is 12.4 Å². The number of nitrogens with zero attached hydrogens (tertiary/aromatic N) is 2. The smallest absolute Gasteiger partial charge is 0.252 e. The molecule has 7 nitrogen and oxygen atoms in total. The fourth-order valence-electron chi connectivity index (χ4n) is 2.56. The number of ether oxygens (including phenoxy) is 2. The summed E-state index contributed by atoms with van der Waals surface area (Å²) in [6.07, 6.45) is 1.56. The van der Waals surface area contributed by atoms with Crippen LogP contribution < -0.4 is 20.5 Å². The summed E-state index contributed by atoms with van der Waals surface area (Å²) >= 11 is 0. The highest BCUT2D eigenvalue weighted by Crippen LogP contribution is 2.29. The van der Waals surface area contributed by atoms with Crippen molar-refractivity contribution in [2.75, 3.05) is 12.0 Å². The lowest BCUT2D eigenvalue weighted by molar-refractivity contribution is 0.266. The Morgan fingerprint density at radius 2 is 2.00 bits per heavy atom. The SMILES string of the molecule is CCOc1cc(/C=N\Nc2nc(C)cc(=O)[nH]2)ccc1OCc1ccccc1F. The van der Waals surface area contributed by atoms with Gasteiger partial charge in [0.15, 0.2) is 11.5 Å². The molecule has 8 heteroatoms. The van der Waals surface area contributed by atoms with Crippen molar-refractivity contribution >= 4 is 12.2 Å². The number of H-pyrrole nitrogens is 1. The largest absolute Gasteiger partial charge is 0.490 e. The standard InChI is InChI=1S/C21H21FN4O3/c1-3-28-19-11-15(12-23-26-21-24-14(2)10-20(27)25-21)8-9-18(19)29-13-16-6-4-5-7-17(16)22/h4-12H,3,13H2,1-2H3,(H2,24,25,26,27)/b23-12-. The third-order valence-corrected chi connectivity index (χ3v) is 3.86.